The minimum atomic E-state index is -0.286. The normalized spacial score (nSPS) is 12.1. The van der Waals surface area contributed by atoms with Gasteiger partial charge in [0.05, 0.1) is 22.8 Å². The zero-order chi connectivity index (χ0) is 23.6. The maximum atomic E-state index is 13.8. The Morgan fingerprint density at radius 2 is 1.40 bits per heavy atom. The Kier molecular flexibility index (Phi) is 5.35. The Morgan fingerprint density at radius 1 is 0.743 bits per heavy atom. The van der Waals surface area contributed by atoms with Gasteiger partial charge in [0, 0.05) is 10.9 Å². The predicted molar refractivity (Wildman–Crippen MR) is 135 cm³/mol. The van der Waals surface area contributed by atoms with Crippen molar-refractivity contribution < 1.29 is 14.3 Å². The summed E-state index contributed by atoms with van der Waals surface area (Å²) >= 11 is 0. The largest absolute Gasteiger partial charge is 0.454 e. The fraction of sp³-hybridized carbons (Fsp3) is 0.0667. The van der Waals surface area contributed by atoms with Gasteiger partial charge in [-0.05, 0) is 41.5 Å². The molecule has 0 aliphatic carbocycles. The molecule has 0 radical (unpaired) electrons. The van der Waals surface area contributed by atoms with Crippen molar-refractivity contribution in [2.75, 3.05) is 6.79 Å². The van der Waals surface area contributed by atoms with E-state index >= 15 is 0 Å². The highest BCUT2D eigenvalue weighted by Gasteiger charge is 2.21. The molecule has 170 valence electrons. The summed E-state index contributed by atoms with van der Waals surface area (Å²) in [6.07, 6.45) is 0. The van der Waals surface area contributed by atoms with Gasteiger partial charge in [-0.25, -0.2) is 4.98 Å². The van der Waals surface area contributed by atoms with Crippen molar-refractivity contribution in [2.24, 2.45) is 0 Å². The number of carbonyl (C=O) groups excluding carboxylic acids is 1. The van der Waals surface area contributed by atoms with Gasteiger partial charge in [0.25, 0.3) is 5.91 Å². The fourth-order valence-electron chi connectivity index (χ4n) is 4.43. The number of amides is 1. The molecule has 0 saturated heterocycles. The monoisotopic (exact) mass is 458 g/mol. The third kappa shape index (κ3) is 4.08. The zero-order valence-corrected chi connectivity index (χ0v) is 18.8. The highest BCUT2D eigenvalue weighted by molar-refractivity contribution is 6.07. The minimum Gasteiger partial charge on any atom is -0.454 e. The van der Waals surface area contributed by atoms with E-state index in [-0.39, 0.29) is 18.7 Å². The van der Waals surface area contributed by atoms with Gasteiger partial charge < -0.3 is 14.8 Å². The smallest absolute Gasteiger partial charge is 0.252 e. The standard InChI is InChI=1S/C30H22N2O3/c33-30(32-29(20-9-3-1-4-10-20)21-11-5-2-6-12-21)24-18-26(31-25-14-8-7-13-23(24)25)22-15-16-27-28(17-22)35-19-34-27/h1-18,29H,19H2,(H,32,33). The van der Waals surface area contributed by atoms with E-state index in [1.807, 2.05) is 109 Å². The van der Waals surface area contributed by atoms with E-state index in [1.54, 1.807) is 0 Å². The number of ether oxygens (including phenoxy) is 2. The molecule has 1 aliphatic rings. The number of aromatic nitrogens is 1. The van der Waals surface area contributed by atoms with Crippen LogP contribution in [0.3, 0.4) is 0 Å². The van der Waals surface area contributed by atoms with Gasteiger partial charge in [-0.2, -0.15) is 0 Å². The molecule has 0 saturated carbocycles. The van der Waals surface area contributed by atoms with Gasteiger partial charge >= 0.3 is 0 Å². The second-order valence-electron chi connectivity index (χ2n) is 8.37. The van der Waals surface area contributed by atoms with E-state index in [0.29, 0.717) is 22.8 Å². The van der Waals surface area contributed by atoms with Crippen LogP contribution in [0.5, 0.6) is 11.5 Å². The molecule has 1 N–H and O–H groups in total. The summed E-state index contributed by atoms with van der Waals surface area (Å²) < 4.78 is 11.0. The van der Waals surface area contributed by atoms with Crippen LogP contribution < -0.4 is 14.8 Å². The number of nitrogens with zero attached hydrogens (tertiary/aromatic N) is 1. The third-order valence-corrected chi connectivity index (χ3v) is 6.17. The summed E-state index contributed by atoms with van der Waals surface area (Å²) in [4.78, 5) is 18.6. The van der Waals surface area contributed by atoms with E-state index in [4.69, 9.17) is 14.5 Å². The topological polar surface area (TPSA) is 60.5 Å². The summed E-state index contributed by atoms with van der Waals surface area (Å²) in [5.41, 5.74) is 4.91. The second kappa shape index (κ2) is 8.95. The van der Waals surface area contributed by atoms with Crippen LogP contribution in [0.4, 0.5) is 0 Å². The molecular formula is C30H22N2O3. The number of fused-ring (bicyclic) bond motifs is 2. The molecule has 1 amide bonds. The lowest BCUT2D eigenvalue weighted by molar-refractivity contribution is 0.0944. The summed E-state index contributed by atoms with van der Waals surface area (Å²) in [7, 11) is 0. The lowest BCUT2D eigenvalue weighted by Crippen LogP contribution is -2.29. The number of hydrogen-bond acceptors (Lipinski definition) is 4. The second-order valence-corrected chi connectivity index (χ2v) is 8.37. The van der Waals surface area contributed by atoms with Gasteiger partial charge in [-0.3, -0.25) is 4.79 Å². The highest BCUT2D eigenvalue weighted by atomic mass is 16.7. The first-order chi connectivity index (χ1) is 17.3. The summed E-state index contributed by atoms with van der Waals surface area (Å²) in [6, 6.07) is 35.0. The van der Waals surface area contributed by atoms with Crippen LogP contribution in [0.25, 0.3) is 22.2 Å². The van der Waals surface area contributed by atoms with Gasteiger partial charge in [-0.15, -0.1) is 0 Å². The van der Waals surface area contributed by atoms with Crippen molar-refractivity contribution in [3.05, 3.63) is 126 Å². The van der Waals surface area contributed by atoms with Crippen LogP contribution in [-0.4, -0.2) is 17.7 Å². The molecule has 1 aliphatic heterocycles. The molecule has 0 fully saturated rings. The number of benzene rings is 4. The van der Waals surface area contributed by atoms with Gasteiger partial charge in [0.1, 0.15) is 0 Å². The quantitative estimate of drug-likeness (QED) is 0.343. The van der Waals surface area contributed by atoms with E-state index < -0.39 is 0 Å². The van der Waals surface area contributed by atoms with Crippen LogP contribution in [-0.2, 0) is 0 Å². The molecule has 1 aromatic heterocycles. The molecule has 5 heteroatoms. The third-order valence-electron chi connectivity index (χ3n) is 6.17. The first kappa shape index (κ1) is 20.9. The number of hydrogen-bond donors (Lipinski definition) is 1. The predicted octanol–water partition coefficient (Wildman–Crippen LogP) is 6.15. The Hall–Kier alpha value is -4.64. The van der Waals surface area contributed by atoms with E-state index in [9.17, 15) is 4.79 Å². The molecule has 35 heavy (non-hydrogen) atoms. The van der Waals surface area contributed by atoms with Crippen molar-refractivity contribution in [3.8, 4) is 22.8 Å². The summed E-state index contributed by atoms with van der Waals surface area (Å²) in [5, 5.41) is 4.07. The Balaban J connectivity index is 1.43. The van der Waals surface area contributed by atoms with Crippen LogP contribution in [0.1, 0.15) is 27.5 Å². The Bertz CT molecular complexity index is 1480. The average Bonchev–Trinajstić information content (AvgIpc) is 3.40. The Labute approximate surface area is 203 Å². The van der Waals surface area contributed by atoms with Crippen molar-refractivity contribution in [2.45, 2.75) is 6.04 Å². The van der Waals surface area contributed by atoms with Crippen LogP contribution >= 0.6 is 0 Å². The molecule has 4 aromatic carbocycles. The molecule has 6 rings (SSSR count). The molecule has 0 atom stereocenters. The van der Waals surface area contributed by atoms with Crippen molar-refractivity contribution >= 4 is 16.8 Å². The zero-order valence-electron chi connectivity index (χ0n) is 18.8. The van der Waals surface area contributed by atoms with Crippen molar-refractivity contribution in [3.63, 3.8) is 0 Å². The van der Waals surface area contributed by atoms with E-state index in [1.165, 1.54) is 0 Å². The molecule has 0 bridgehead atoms. The summed E-state index contributed by atoms with van der Waals surface area (Å²) in [5.74, 6) is 1.22. The van der Waals surface area contributed by atoms with E-state index in [2.05, 4.69) is 5.32 Å². The first-order valence-electron chi connectivity index (χ1n) is 11.5. The molecule has 5 aromatic rings. The van der Waals surface area contributed by atoms with E-state index in [0.717, 1.165) is 27.6 Å². The SMILES string of the molecule is O=C(NC(c1ccccc1)c1ccccc1)c1cc(-c2ccc3c(c2)OCO3)nc2ccccc12. The van der Waals surface area contributed by atoms with Gasteiger partial charge in [0.15, 0.2) is 11.5 Å². The van der Waals surface area contributed by atoms with Crippen LogP contribution in [0.15, 0.2) is 109 Å². The molecule has 5 nitrogen and oxygen atoms in total. The highest BCUT2D eigenvalue weighted by Crippen LogP contribution is 2.36. The number of carbonyl (C=O) groups is 1. The number of pyridine rings is 1. The number of rotatable bonds is 5. The fourth-order valence-corrected chi connectivity index (χ4v) is 4.43. The van der Waals surface area contributed by atoms with Crippen molar-refractivity contribution in [1.29, 1.82) is 0 Å². The number of para-hydroxylation sites is 1. The molecular weight excluding hydrogens is 436 g/mol. The maximum Gasteiger partial charge on any atom is 0.252 e. The van der Waals surface area contributed by atoms with Gasteiger partial charge in [0.2, 0.25) is 6.79 Å². The Morgan fingerprint density at radius 3 is 2.14 bits per heavy atom. The molecule has 0 unspecified atom stereocenters. The van der Waals surface area contributed by atoms with Crippen LogP contribution in [0.2, 0.25) is 0 Å². The minimum absolute atomic E-state index is 0.164. The average molecular weight is 459 g/mol. The number of nitrogens with one attached hydrogen (secondary N) is 1. The van der Waals surface area contributed by atoms with Gasteiger partial charge in [-0.1, -0.05) is 78.9 Å². The maximum absolute atomic E-state index is 13.8. The molecule has 0 spiro atoms. The van der Waals surface area contributed by atoms with Crippen molar-refractivity contribution in [1.82, 2.24) is 10.3 Å². The lowest BCUT2D eigenvalue weighted by atomic mass is 9.97. The first-order valence-corrected chi connectivity index (χ1v) is 11.5. The molecule has 2 heterocycles. The summed E-state index contributed by atoms with van der Waals surface area (Å²) in [6.45, 7) is 0.206. The van der Waals surface area contributed by atoms with Crippen LogP contribution in [0, 0.1) is 0 Å². The lowest BCUT2D eigenvalue weighted by Gasteiger charge is -2.21.